The predicted octanol–water partition coefficient (Wildman–Crippen LogP) is 0.479. The summed E-state index contributed by atoms with van der Waals surface area (Å²) in [5, 5.41) is 0. The van der Waals surface area contributed by atoms with Crippen molar-refractivity contribution in [3.05, 3.63) is 0 Å². The van der Waals surface area contributed by atoms with Gasteiger partial charge in [0.2, 0.25) is 11.8 Å². The monoisotopic (exact) mass is 344 g/mol. The van der Waals surface area contributed by atoms with Gasteiger partial charge in [-0.1, -0.05) is 0 Å². The lowest BCUT2D eigenvalue weighted by Gasteiger charge is -2.32. The Morgan fingerprint density at radius 2 is 2.22 bits per heavy atom. The van der Waals surface area contributed by atoms with Crippen molar-refractivity contribution < 1.29 is 23.9 Å². The molecule has 0 radical (unpaired) electrons. The molecular formula is C15H24N2O5S. The summed E-state index contributed by atoms with van der Waals surface area (Å²) in [5.74, 6) is -0.0775. The number of ether oxygens (including phenoxy) is 2. The molecule has 2 aliphatic rings. The molecule has 8 heteroatoms. The third-order valence-corrected chi connectivity index (χ3v) is 5.74. The van der Waals surface area contributed by atoms with Crippen molar-refractivity contribution in [3.63, 3.8) is 0 Å². The molecule has 2 fully saturated rings. The van der Waals surface area contributed by atoms with Crippen LogP contribution >= 0.6 is 11.8 Å². The molecule has 2 amide bonds. The summed E-state index contributed by atoms with van der Waals surface area (Å²) >= 11 is 1.64. The van der Waals surface area contributed by atoms with E-state index in [4.69, 9.17) is 9.47 Å². The summed E-state index contributed by atoms with van der Waals surface area (Å²) in [6.45, 7) is 4.51. The number of carbonyl (C=O) groups is 3. The standard InChI is InChI=1S/C15H24N2O5S/c1-4-22-13(19)9-16(7-8-21-3)14(20)11-10-23-15(2)6-5-12(18)17(11)15/h11H,4-10H2,1-3H3. The zero-order valence-corrected chi connectivity index (χ0v) is 14.7. The largest absolute Gasteiger partial charge is 0.465 e. The number of amides is 2. The van der Waals surface area contributed by atoms with Gasteiger partial charge in [0.05, 0.1) is 18.1 Å². The van der Waals surface area contributed by atoms with Crippen LogP contribution in [0.3, 0.4) is 0 Å². The third-order valence-electron chi connectivity index (χ3n) is 4.23. The van der Waals surface area contributed by atoms with Gasteiger partial charge < -0.3 is 19.3 Å². The van der Waals surface area contributed by atoms with Gasteiger partial charge in [0.15, 0.2) is 0 Å². The number of fused-ring (bicyclic) bond motifs is 1. The molecule has 2 rings (SSSR count). The molecule has 0 saturated carbocycles. The second-order valence-electron chi connectivity index (χ2n) is 5.82. The van der Waals surface area contributed by atoms with Crippen molar-refractivity contribution in [1.29, 1.82) is 0 Å². The Kier molecular flexibility index (Phi) is 5.91. The molecule has 0 aromatic heterocycles. The van der Waals surface area contributed by atoms with Crippen LogP contribution in [0.15, 0.2) is 0 Å². The van der Waals surface area contributed by atoms with Crippen molar-refractivity contribution in [3.8, 4) is 0 Å². The minimum absolute atomic E-state index is 0.0127. The van der Waals surface area contributed by atoms with E-state index in [2.05, 4.69) is 0 Å². The summed E-state index contributed by atoms with van der Waals surface area (Å²) < 4.78 is 9.96. The highest BCUT2D eigenvalue weighted by Gasteiger charge is 2.53. The van der Waals surface area contributed by atoms with Gasteiger partial charge in [0.1, 0.15) is 12.6 Å². The topological polar surface area (TPSA) is 76.1 Å². The number of hydrogen-bond acceptors (Lipinski definition) is 6. The molecule has 23 heavy (non-hydrogen) atoms. The van der Waals surface area contributed by atoms with E-state index in [-0.39, 0.29) is 29.8 Å². The van der Waals surface area contributed by atoms with E-state index in [1.807, 2.05) is 6.92 Å². The molecule has 0 aromatic rings. The van der Waals surface area contributed by atoms with Gasteiger partial charge in [0.25, 0.3) is 0 Å². The summed E-state index contributed by atoms with van der Waals surface area (Å²) in [7, 11) is 1.54. The van der Waals surface area contributed by atoms with Gasteiger partial charge in [-0.25, -0.2) is 0 Å². The van der Waals surface area contributed by atoms with Crippen molar-refractivity contribution in [1.82, 2.24) is 9.80 Å². The first kappa shape index (κ1) is 18.1. The van der Waals surface area contributed by atoms with E-state index in [9.17, 15) is 14.4 Å². The van der Waals surface area contributed by atoms with E-state index in [1.54, 1.807) is 30.7 Å². The fourth-order valence-electron chi connectivity index (χ4n) is 3.05. The van der Waals surface area contributed by atoms with E-state index in [1.165, 1.54) is 4.90 Å². The van der Waals surface area contributed by atoms with Crippen LogP contribution in [-0.4, -0.2) is 77.7 Å². The molecule has 2 heterocycles. The molecule has 7 nitrogen and oxygen atoms in total. The maximum Gasteiger partial charge on any atom is 0.325 e. The smallest absolute Gasteiger partial charge is 0.325 e. The van der Waals surface area contributed by atoms with Crippen molar-refractivity contribution in [2.75, 3.05) is 39.2 Å². The zero-order chi connectivity index (χ0) is 17.0. The molecule has 0 bridgehead atoms. The Labute approximate surface area is 140 Å². The lowest BCUT2D eigenvalue weighted by Crippen LogP contribution is -2.53. The highest BCUT2D eigenvalue weighted by molar-refractivity contribution is 8.01. The Balaban J connectivity index is 2.10. The van der Waals surface area contributed by atoms with Gasteiger partial charge in [-0.05, 0) is 20.3 Å². The molecule has 2 saturated heterocycles. The Morgan fingerprint density at radius 1 is 1.48 bits per heavy atom. The van der Waals surface area contributed by atoms with Crippen LogP contribution in [0.25, 0.3) is 0 Å². The van der Waals surface area contributed by atoms with Crippen molar-refractivity contribution >= 4 is 29.5 Å². The number of esters is 1. The minimum Gasteiger partial charge on any atom is -0.465 e. The fourth-order valence-corrected chi connectivity index (χ4v) is 4.47. The normalized spacial score (nSPS) is 26.3. The van der Waals surface area contributed by atoms with Crippen molar-refractivity contribution in [2.24, 2.45) is 0 Å². The number of carbonyl (C=O) groups excluding carboxylic acids is 3. The van der Waals surface area contributed by atoms with Gasteiger partial charge in [-0.2, -0.15) is 0 Å². The average Bonchev–Trinajstić information content (AvgIpc) is 3.00. The molecule has 0 aromatic carbocycles. The van der Waals surface area contributed by atoms with Gasteiger partial charge in [-0.3, -0.25) is 14.4 Å². The summed E-state index contributed by atoms with van der Waals surface area (Å²) in [5.41, 5.74) is 0. The summed E-state index contributed by atoms with van der Waals surface area (Å²) in [4.78, 5) is 39.6. The van der Waals surface area contributed by atoms with Crippen LogP contribution in [-0.2, 0) is 23.9 Å². The molecule has 0 aliphatic carbocycles. The SMILES string of the molecule is CCOC(=O)CN(CCOC)C(=O)C1CSC2(C)CCC(=O)N12. The van der Waals surface area contributed by atoms with Crippen LogP contribution < -0.4 is 0 Å². The second-order valence-corrected chi connectivity index (χ2v) is 7.32. The molecular weight excluding hydrogens is 320 g/mol. The predicted molar refractivity (Wildman–Crippen MR) is 85.8 cm³/mol. The highest BCUT2D eigenvalue weighted by Crippen LogP contribution is 2.47. The molecule has 2 atom stereocenters. The molecule has 130 valence electrons. The van der Waals surface area contributed by atoms with Gasteiger partial charge >= 0.3 is 5.97 Å². The zero-order valence-electron chi connectivity index (χ0n) is 13.9. The first-order valence-electron chi connectivity index (χ1n) is 7.82. The molecule has 0 N–H and O–H groups in total. The Bertz CT molecular complexity index is 486. The van der Waals surface area contributed by atoms with Crippen molar-refractivity contribution in [2.45, 2.75) is 37.6 Å². The molecule has 2 aliphatic heterocycles. The third kappa shape index (κ3) is 3.80. The fraction of sp³-hybridized carbons (Fsp3) is 0.800. The minimum atomic E-state index is -0.508. The van der Waals surface area contributed by atoms with Crippen LogP contribution in [0.2, 0.25) is 0 Å². The molecule has 2 unspecified atom stereocenters. The van der Waals surface area contributed by atoms with Crippen LogP contribution in [0.1, 0.15) is 26.7 Å². The number of hydrogen-bond donors (Lipinski definition) is 0. The maximum atomic E-state index is 12.9. The summed E-state index contributed by atoms with van der Waals surface area (Å²) in [6, 6.07) is -0.508. The quantitative estimate of drug-likeness (QED) is 0.625. The first-order valence-corrected chi connectivity index (χ1v) is 8.81. The van der Waals surface area contributed by atoms with Gasteiger partial charge in [-0.15, -0.1) is 11.8 Å². The van der Waals surface area contributed by atoms with Crippen LogP contribution in [0, 0.1) is 0 Å². The van der Waals surface area contributed by atoms with E-state index < -0.39 is 12.0 Å². The van der Waals surface area contributed by atoms with Crippen LogP contribution in [0.4, 0.5) is 0 Å². The van der Waals surface area contributed by atoms with E-state index in [0.29, 0.717) is 25.3 Å². The number of methoxy groups -OCH3 is 1. The highest BCUT2D eigenvalue weighted by atomic mass is 32.2. The van der Waals surface area contributed by atoms with E-state index >= 15 is 0 Å². The number of nitrogens with zero attached hydrogens (tertiary/aromatic N) is 2. The lowest BCUT2D eigenvalue weighted by atomic mass is 10.2. The van der Waals surface area contributed by atoms with Crippen LogP contribution in [0.5, 0.6) is 0 Å². The summed E-state index contributed by atoms with van der Waals surface area (Å²) in [6.07, 6.45) is 1.24. The average molecular weight is 344 g/mol. The Morgan fingerprint density at radius 3 is 2.87 bits per heavy atom. The molecule has 0 spiro atoms. The maximum absolute atomic E-state index is 12.9. The number of thioether (sulfide) groups is 1. The van der Waals surface area contributed by atoms with E-state index in [0.717, 1.165) is 6.42 Å². The first-order chi connectivity index (χ1) is 10.9. The lowest BCUT2D eigenvalue weighted by molar-refractivity contribution is -0.152. The van der Waals surface area contributed by atoms with Gasteiger partial charge in [0, 0.05) is 25.8 Å². The number of rotatable bonds is 7. The Hall–Kier alpha value is -1.28. The second kappa shape index (κ2) is 7.53.